The molecule has 0 aliphatic carbocycles. The Morgan fingerprint density at radius 3 is 2.79 bits per heavy atom. The first-order valence-corrected chi connectivity index (χ1v) is 7.21. The molecule has 0 atom stereocenters. The highest BCUT2D eigenvalue weighted by Gasteiger charge is 2.18. The zero-order valence-electron chi connectivity index (χ0n) is 12.3. The van der Waals surface area contributed by atoms with E-state index in [1.165, 1.54) is 5.56 Å². The van der Waals surface area contributed by atoms with E-state index in [9.17, 15) is 0 Å². The van der Waals surface area contributed by atoms with Gasteiger partial charge in [0.05, 0.1) is 0 Å². The van der Waals surface area contributed by atoms with Gasteiger partial charge in [-0.1, -0.05) is 6.92 Å². The second-order valence-corrected chi connectivity index (χ2v) is 5.36. The number of likely N-dealkylation sites (tertiary alicyclic amines) is 1. The normalized spacial score (nSPS) is 17.6. The molecule has 1 saturated heterocycles. The van der Waals surface area contributed by atoms with Crippen molar-refractivity contribution in [1.82, 2.24) is 15.2 Å². The van der Waals surface area contributed by atoms with Crippen molar-refractivity contribution in [3.8, 4) is 5.88 Å². The Labute approximate surface area is 116 Å². The summed E-state index contributed by atoms with van der Waals surface area (Å²) in [6, 6.07) is 4.18. The third-order valence-electron chi connectivity index (χ3n) is 3.52. The molecule has 4 heteroatoms. The van der Waals surface area contributed by atoms with Crippen LogP contribution >= 0.6 is 0 Å². The third-order valence-corrected chi connectivity index (χ3v) is 3.52. The van der Waals surface area contributed by atoms with Gasteiger partial charge < -0.3 is 15.0 Å². The standard InChI is InChI=1S/C15H25N3O/c1-4-16-11-13-9-12(2)17-15(10-13)19-14-5-7-18(3)8-6-14/h9-10,14,16H,4-8,11H2,1-3H3. The second-order valence-electron chi connectivity index (χ2n) is 5.36. The highest BCUT2D eigenvalue weighted by molar-refractivity contribution is 5.24. The van der Waals surface area contributed by atoms with Gasteiger partial charge in [0.2, 0.25) is 5.88 Å². The van der Waals surface area contributed by atoms with Crippen molar-refractivity contribution in [3.63, 3.8) is 0 Å². The van der Waals surface area contributed by atoms with Crippen molar-refractivity contribution >= 4 is 0 Å². The maximum absolute atomic E-state index is 6.04. The molecule has 1 aromatic rings. The van der Waals surface area contributed by atoms with E-state index in [2.05, 4.69) is 41.3 Å². The van der Waals surface area contributed by atoms with Gasteiger partial charge in [-0.15, -0.1) is 0 Å². The lowest BCUT2D eigenvalue weighted by atomic mass is 10.1. The molecule has 1 N–H and O–H groups in total. The Kier molecular flexibility index (Phi) is 5.16. The van der Waals surface area contributed by atoms with Crippen molar-refractivity contribution in [3.05, 3.63) is 23.4 Å². The van der Waals surface area contributed by atoms with E-state index < -0.39 is 0 Å². The predicted octanol–water partition coefficient (Wildman–Crippen LogP) is 1.97. The number of nitrogens with zero attached hydrogens (tertiary/aromatic N) is 2. The number of hydrogen-bond donors (Lipinski definition) is 1. The number of aryl methyl sites for hydroxylation is 1. The van der Waals surface area contributed by atoms with Gasteiger partial charge in [-0.3, -0.25) is 0 Å². The topological polar surface area (TPSA) is 37.4 Å². The minimum absolute atomic E-state index is 0.317. The summed E-state index contributed by atoms with van der Waals surface area (Å²) in [5.74, 6) is 0.780. The minimum atomic E-state index is 0.317. The van der Waals surface area contributed by atoms with Crippen LogP contribution in [0.2, 0.25) is 0 Å². The Morgan fingerprint density at radius 2 is 2.11 bits per heavy atom. The molecule has 0 amide bonds. The Hall–Kier alpha value is -1.13. The third kappa shape index (κ3) is 4.48. The summed E-state index contributed by atoms with van der Waals surface area (Å²) >= 11 is 0. The van der Waals surface area contributed by atoms with Crippen LogP contribution in [-0.4, -0.2) is 42.7 Å². The smallest absolute Gasteiger partial charge is 0.214 e. The lowest BCUT2D eigenvalue weighted by molar-refractivity contribution is 0.110. The molecule has 2 rings (SSSR count). The molecule has 1 fully saturated rings. The fraction of sp³-hybridized carbons (Fsp3) is 0.667. The largest absolute Gasteiger partial charge is 0.474 e. The highest BCUT2D eigenvalue weighted by atomic mass is 16.5. The number of aromatic nitrogens is 1. The molecule has 0 radical (unpaired) electrons. The van der Waals surface area contributed by atoms with Gasteiger partial charge >= 0.3 is 0 Å². The average molecular weight is 263 g/mol. The molecule has 106 valence electrons. The van der Waals surface area contributed by atoms with Crippen molar-refractivity contribution in [2.24, 2.45) is 0 Å². The summed E-state index contributed by atoms with van der Waals surface area (Å²) in [5.41, 5.74) is 2.27. The molecule has 0 aromatic carbocycles. The van der Waals surface area contributed by atoms with E-state index in [-0.39, 0.29) is 0 Å². The minimum Gasteiger partial charge on any atom is -0.474 e. The summed E-state index contributed by atoms with van der Waals surface area (Å²) in [6.07, 6.45) is 2.50. The first-order valence-electron chi connectivity index (χ1n) is 7.21. The SMILES string of the molecule is CCNCc1cc(C)nc(OC2CCN(C)CC2)c1. The molecule has 1 aliphatic heterocycles. The van der Waals surface area contributed by atoms with Crippen molar-refractivity contribution in [2.75, 3.05) is 26.7 Å². The number of rotatable bonds is 5. The summed E-state index contributed by atoms with van der Waals surface area (Å²) in [7, 11) is 2.16. The van der Waals surface area contributed by atoms with Gasteiger partial charge in [-0.25, -0.2) is 4.98 Å². The molecule has 2 heterocycles. The van der Waals surface area contributed by atoms with Crippen LogP contribution in [0.3, 0.4) is 0 Å². The van der Waals surface area contributed by atoms with Gasteiger partial charge in [-0.2, -0.15) is 0 Å². The molecular weight excluding hydrogens is 238 g/mol. The highest BCUT2D eigenvalue weighted by Crippen LogP contribution is 2.18. The lowest BCUT2D eigenvalue weighted by Crippen LogP contribution is -2.35. The molecule has 1 aliphatic rings. The Bertz CT molecular complexity index is 400. The van der Waals surface area contributed by atoms with Crippen molar-refractivity contribution < 1.29 is 4.74 Å². The van der Waals surface area contributed by atoms with Gasteiger partial charge in [0.25, 0.3) is 0 Å². The number of ether oxygens (including phenoxy) is 1. The van der Waals surface area contributed by atoms with Crippen LogP contribution < -0.4 is 10.1 Å². The van der Waals surface area contributed by atoms with Crippen molar-refractivity contribution in [2.45, 2.75) is 39.3 Å². The number of pyridine rings is 1. The predicted molar refractivity (Wildman–Crippen MR) is 77.5 cm³/mol. The van der Waals surface area contributed by atoms with Gasteiger partial charge in [-0.05, 0) is 45.0 Å². The molecule has 19 heavy (non-hydrogen) atoms. The van der Waals surface area contributed by atoms with Gasteiger partial charge in [0, 0.05) is 31.4 Å². The fourth-order valence-corrected chi connectivity index (χ4v) is 2.41. The van der Waals surface area contributed by atoms with Crippen LogP contribution in [0, 0.1) is 6.92 Å². The molecule has 1 aromatic heterocycles. The average Bonchev–Trinajstić information content (AvgIpc) is 2.38. The van der Waals surface area contributed by atoms with Crippen LogP contribution in [0.1, 0.15) is 31.0 Å². The van der Waals surface area contributed by atoms with Crippen LogP contribution in [-0.2, 0) is 6.54 Å². The monoisotopic (exact) mass is 263 g/mol. The molecule has 0 bridgehead atoms. The number of piperidine rings is 1. The molecule has 4 nitrogen and oxygen atoms in total. The van der Waals surface area contributed by atoms with E-state index in [0.29, 0.717) is 6.10 Å². The first-order chi connectivity index (χ1) is 9.17. The second kappa shape index (κ2) is 6.87. The van der Waals surface area contributed by atoms with Crippen LogP contribution in [0.15, 0.2) is 12.1 Å². The molecule has 0 spiro atoms. The van der Waals surface area contributed by atoms with Crippen LogP contribution in [0.4, 0.5) is 0 Å². The Morgan fingerprint density at radius 1 is 1.37 bits per heavy atom. The molecule has 0 unspecified atom stereocenters. The maximum atomic E-state index is 6.04. The van der Waals surface area contributed by atoms with E-state index in [1.54, 1.807) is 0 Å². The summed E-state index contributed by atoms with van der Waals surface area (Å²) in [6.45, 7) is 8.22. The van der Waals surface area contributed by atoms with E-state index in [0.717, 1.165) is 50.6 Å². The van der Waals surface area contributed by atoms with E-state index in [1.807, 2.05) is 6.92 Å². The molecule has 0 saturated carbocycles. The Balaban J connectivity index is 1.97. The summed E-state index contributed by atoms with van der Waals surface area (Å²) < 4.78 is 6.04. The van der Waals surface area contributed by atoms with E-state index in [4.69, 9.17) is 4.74 Å². The number of hydrogen-bond acceptors (Lipinski definition) is 4. The zero-order chi connectivity index (χ0) is 13.7. The lowest BCUT2D eigenvalue weighted by Gasteiger charge is -2.29. The van der Waals surface area contributed by atoms with Gasteiger partial charge in [0.15, 0.2) is 0 Å². The summed E-state index contributed by atoms with van der Waals surface area (Å²) in [5, 5.41) is 3.34. The fourth-order valence-electron chi connectivity index (χ4n) is 2.41. The quantitative estimate of drug-likeness (QED) is 0.881. The zero-order valence-corrected chi connectivity index (χ0v) is 12.3. The van der Waals surface area contributed by atoms with Crippen LogP contribution in [0.25, 0.3) is 0 Å². The van der Waals surface area contributed by atoms with Crippen LogP contribution in [0.5, 0.6) is 5.88 Å². The first kappa shape index (κ1) is 14.3. The maximum Gasteiger partial charge on any atom is 0.214 e. The molecular formula is C15H25N3O. The number of nitrogens with one attached hydrogen (secondary N) is 1. The summed E-state index contributed by atoms with van der Waals surface area (Å²) in [4.78, 5) is 6.84. The van der Waals surface area contributed by atoms with Crippen molar-refractivity contribution in [1.29, 1.82) is 0 Å². The van der Waals surface area contributed by atoms with Gasteiger partial charge in [0.1, 0.15) is 6.10 Å². The van der Waals surface area contributed by atoms with E-state index >= 15 is 0 Å².